The van der Waals surface area contributed by atoms with E-state index >= 15 is 0 Å². The molecule has 0 spiro atoms. The Labute approximate surface area is 217 Å². The number of nitrogens with two attached hydrogens (primary N) is 1. The Morgan fingerprint density at radius 1 is 1.19 bits per heavy atom. The SMILES string of the molecule is COCc1ccc(NC(=O)c2c(C#CCN3CCC(OC)CC3)n(C3(C)CC3)c3ncnc(N)c23)cc1. The van der Waals surface area contributed by atoms with Crippen molar-refractivity contribution in [3.05, 3.63) is 47.4 Å². The molecule has 5 rings (SSSR count). The Hall–Kier alpha value is -3.45. The van der Waals surface area contributed by atoms with Gasteiger partial charge in [0.2, 0.25) is 0 Å². The first-order chi connectivity index (χ1) is 17.9. The van der Waals surface area contributed by atoms with Crippen molar-refractivity contribution in [2.75, 3.05) is 44.9 Å². The molecule has 37 heavy (non-hydrogen) atoms. The summed E-state index contributed by atoms with van der Waals surface area (Å²) in [5.41, 5.74) is 9.60. The lowest BCUT2D eigenvalue weighted by atomic mass is 10.1. The Bertz CT molecular complexity index is 1340. The molecule has 9 nitrogen and oxygen atoms in total. The second-order valence-electron chi connectivity index (χ2n) is 10.1. The third kappa shape index (κ3) is 5.18. The number of nitrogens with zero attached hydrogens (tertiary/aromatic N) is 4. The standard InChI is InChI=1S/C28H34N6O3/c1-28(12-13-28)34-22(5-4-14-33-15-10-21(37-3)11-16-33)23(24-25(29)30-18-31-26(24)34)27(35)32-20-8-6-19(7-9-20)17-36-2/h6-9,18,21H,10-17H2,1-3H3,(H,32,35)(H2,29,30,31). The number of carbonyl (C=O) groups excluding carboxylic acids is 1. The number of fused-ring (bicyclic) bond motifs is 1. The van der Waals surface area contributed by atoms with Gasteiger partial charge in [0.1, 0.15) is 23.5 Å². The summed E-state index contributed by atoms with van der Waals surface area (Å²) in [4.78, 5) is 24.8. The van der Waals surface area contributed by atoms with E-state index in [-0.39, 0.29) is 17.3 Å². The fraction of sp³-hybridized carbons (Fsp3) is 0.464. The Morgan fingerprint density at radius 3 is 2.57 bits per heavy atom. The smallest absolute Gasteiger partial charge is 0.259 e. The van der Waals surface area contributed by atoms with Crippen LogP contribution in [0.3, 0.4) is 0 Å². The van der Waals surface area contributed by atoms with Gasteiger partial charge in [0.05, 0.1) is 30.2 Å². The number of ether oxygens (including phenoxy) is 2. The molecule has 3 aromatic rings. The van der Waals surface area contributed by atoms with Crippen molar-refractivity contribution in [1.82, 2.24) is 19.4 Å². The summed E-state index contributed by atoms with van der Waals surface area (Å²) in [7, 11) is 3.43. The molecule has 0 unspecified atom stereocenters. The third-order valence-corrected chi connectivity index (χ3v) is 7.42. The molecular weight excluding hydrogens is 468 g/mol. The molecular formula is C28H34N6O3. The van der Waals surface area contributed by atoms with Gasteiger partial charge in [0.15, 0.2) is 0 Å². The zero-order valence-corrected chi connectivity index (χ0v) is 21.7. The topological polar surface area (TPSA) is 108 Å². The van der Waals surface area contributed by atoms with Crippen LogP contribution in [0.1, 0.15) is 54.2 Å². The maximum atomic E-state index is 13.8. The van der Waals surface area contributed by atoms with Crippen LogP contribution in [0.2, 0.25) is 0 Å². The number of benzene rings is 1. The van der Waals surface area contributed by atoms with Gasteiger partial charge in [-0.25, -0.2) is 9.97 Å². The lowest BCUT2D eigenvalue weighted by molar-refractivity contribution is 0.0450. The summed E-state index contributed by atoms with van der Waals surface area (Å²) < 4.78 is 12.8. The van der Waals surface area contributed by atoms with Crippen LogP contribution in [-0.2, 0) is 21.6 Å². The normalized spacial score (nSPS) is 17.4. The van der Waals surface area contributed by atoms with Crippen LogP contribution in [0.4, 0.5) is 11.5 Å². The third-order valence-electron chi connectivity index (χ3n) is 7.42. The average molecular weight is 503 g/mol. The summed E-state index contributed by atoms with van der Waals surface area (Å²) in [6.45, 7) is 5.19. The molecule has 0 radical (unpaired) electrons. The molecule has 1 amide bonds. The minimum Gasteiger partial charge on any atom is -0.383 e. The van der Waals surface area contributed by atoms with E-state index in [1.54, 1.807) is 14.2 Å². The molecule has 3 heterocycles. The Balaban J connectivity index is 1.51. The van der Waals surface area contributed by atoms with Crippen LogP contribution in [0.15, 0.2) is 30.6 Å². The van der Waals surface area contributed by atoms with Gasteiger partial charge in [-0.2, -0.15) is 0 Å². The van der Waals surface area contributed by atoms with Gasteiger partial charge in [-0.1, -0.05) is 18.1 Å². The Kier molecular flexibility index (Phi) is 7.15. The molecule has 2 aromatic heterocycles. The van der Waals surface area contributed by atoms with E-state index in [9.17, 15) is 4.79 Å². The first-order valence-corrected chi connectivity index (χ1v) is 12.7. The van der Waals surface area contributed by atoms with Crippen molar-refractivity contribution >= 4 is 28.4 Å². The van der Waals surface area contributed by atoms with Gasteiger partial charge in [-0.15, -0.1) is 0 Å². The number of piperidine rings is 1. The van der Waals surface area contributed by atoms with Gasteiger partial charge in [0, 0.05) is 38.5 Å². The quantitative estimate of drug-likeness (QED) is 0.477. The molecule has 3 N–H and O–H groups in total. The number of aromatic nitrogens is 3. The minimum atomic E-state index is -0.279. The lowest BCUT2D eigenvalue weighted by Gasteiger charge is -2.29. The number of nitrogen functional groups attached to an aromatic ring is 1. The second-order valence-corrected chi connectivity index (χ2v) is 10.1. The van der Waals surface area contributed by atoms with Crippen LogP contribution in [-0.4, -0.2) is 65.3 Å². The average Bonchev–Trinajstić information content (AvgIpc) is 3.54. The van der Waals surface area contributed by atoms with E-state index in [2.05, 4.69) is 43.5 Å². The van der Waals surface area contributed by atoms with Crippen LogP contribution >= 0.6 is 0 Å². The summed E-state index contributed by atoms with van der Waals surface area (Å²) in [6.07, 6.45) is 5.75. The van der Waals surface area contributed by atoms with Crippen molar-refractivity contribution in [2.45, 2.75) is 50.9 Å². The fourth-order valence-electron chi connectivity index (χ4n) is 4.99. The highest BCUT2D eigenvalue weighted by Gasteiger charge is 2.44. The van der Waals surface area contributed by atoms with Gasteiger partial charge in [0.25, 0.3) is 5.91 Å². The molecule has 0 bridgehead atoms. The monoisotopic (exact) mass is 502 g/mol. The second kappa shape index (κ2) is 10.5. The zero-order valence-electron chi connectivity index (χ0n) is 21.7. The summed E-state index contributed by atoms with van der Waals surface area (Å²) >= 11 is 0. The number of amides is 1. The number of hydrogen-bond donors (Lipinski definition) is 2. The molecule has 9 heteroatoms. The van der Waals surface area contributed by atoms with Crippen LogP contribution < -0.4 is 11.1 Å². The maximum absolute atomic E-state index is 13.8. The van der Waals surface area contributed by atoms with Gasteiger partial charge < -0.3 is 25.1 Å². The van der Waals surface area contributed by atoms with E-state index in [1.807, 2.05) is 24.3 Å². The number of anilines is 2. The Morgan fingerprint density at radius 2 is 1.92 bits per heavy atom. The van der Waals surface area contributed by atoms with E-state index in [1.165, 1.54) is 6.33 Å². The maximum Gasteiger partial charge on any atom is 0.259 e. The number of rotatable bonds is 7. The van der Waals surface area contributed by atoms with Crippen LogP contribution in [0.5, 0.6) is 0 Å². The first kappa shape index (κ1) is 25.2. The summed E-state index contributed by atoms with van der Waals surface area (Å²) in [5.74, 6) is 6.68. The molecule has 1 saturated carbocycles. The van der Waals surface area contributed by atoms with Crippen molar-refractivity contribution in [3.8, 4) is 11.8 Å². The summed E-state index contributed by atoms with van der Waals surface area (Å²) in [6, 6.07) is 7.59. The lowest BCUT2D eigenvalue weighted by Crippen LogP contribution is -2.36. The highest BCUT2D eigenvalue weighted by atomic mass is 16.5. The predicted octanol–water partition coefficient (Wildman–Crippen LogP) is 3.38. The summed E-state index contributed by atoms with van der Waals surface area (Å²) in [5, 5.41) is 3.58. The van der Waals surface area contributed by atoms with Crippen molar-refractivity contribution in [2.24, 2.45) is 0 Å². The van der Waals surface area contributed by atoms with Gasteiger partial charge in [-0.3, -0.25) is 9.69 Å². The molecule has 2 aliphatic rings. The van der Waals surface area contributed by atoms with Crippen molar-refractivity contribution < 1.29 is 14.3 Å². The largest absolute Gasteiger partial charge is 0.383 e. The minimum absolute atomic E-state index is 0.153. The molecule has 2 fully saturated rings. The number of carbonyl (C=O) groups is 1. The number of methoxy groups -OCH3 is 2. The molecule has 0 atom stereocenters. The van der Waals surface area contributed by atoms with Crippen molar-refractivity contribution in [1.29, 1.82) is 0 Å². The number of hydrogen-bond acceptors (Lipinski definition) is 7. The molecule has 1 aliphatic carbocycles. The van der Waals surface area contributed by atoms with Crippen LogP contribution in [0.25, 0.3) is 11.0 Å². The van der Waals surface area contributed by atoms with E-state index in [0.29, 0.717) is 47.2 Å². The van der Waals surface area contributed by atoms with E-state index in [0.717, 1.165) is 44.3 Å². The first-order valence-electron chi connectivity index (χ1n) is 12.7. The zero-order chi connectivity index (χ0) is 26.0. The molecule has 1 aromatic carbocycles. The molecule has 1 saturated heterocycles. The number of likely N-dealkylation sites (tertiary alicyclic amines) is 1. The molecule has 1 aliphatic heterocycles. The predicted molar refractivity (Wildman–Crippen MR) is 143 cm³/mol. The van der Waals surface area contributed by atoms with E-state index in [4.69, 9.17) is 15.2 Å². The van der Waals surface area contributed by atoms with Crippen LogP contribution in [0, 0.1) is 11.8 Å². The van der Waals surface area contributed by atoms with Gasteiger partial charge in [-0.05, 0) is 56.2 Å². The van der Waals surface area contributed by atoms with E-state index < -0.39 is 0 Å². The van der Waals surface area contributed by atoms with Crippen molar-refractivity contribution in [3.63, 3.8) is 0 Å². The highest BCUT2D eigenvalue weighted by Crippen LogP contribution is 2.47. The molecule has 194 valence electrons. The number of nitrogens with one attached hydrogen (secondary N) is 1. The fourth-order valence-corrected chi connectivity index (χ4v) is 4.99. The highest BCUT2D eigenvalue weighted by molar-refractivity contribution is 6.16. The van der Waals surface area contributed by atoms with Gasteiger partial charge >= 0.3 is 0 Å².